The number of aromatic nitrogens is 3. The van der Waals surface area contributed by atoms with Gasteiger partial charge in [-0.15, -0.1) is 10.2 Å². The lowest BCUT2D eigenvalue weighted by Crippen LogP contribution is -2.27. The molecule has 1 aliphatic rings. The standard InChI is InChI=1S/C23H25ClN4O2/c24-19-10-5-3-8-17(19)16-30-20-11-6-4-9-18(20)23(29)25-14-13-22-27-26-21-12-2-1-7-15-28(21)22/h3-6,8-11H,1-2,7,12-16H2,(H,25,29). The van der Waals surface area contributed by atoms with Gasteiger partial charge in [0.05, 0.1) is 5.56 Å². The molecule has 2 aromatic carbocycles. The Kier molecular flexibility index (Phi) is 6.64. The average Bonchev–Trinajstić information content (AvgIpc) is 2.99. The lowest BCUT2D eigenvalue weighted by atomic mass is 10.2. The van der Waals surface area contributed by atoms with Crippen LogP contribution in [0.5, 0.6) is 5.75 Å². The number of aryl methyl sites for hydroxylation is 1. The third kappa shape index (κ3) is 4.82. The molecule has 1 amide bonds. The summed E-state index contributed by atoms with van der Waals surface area (Å²) in [5.41, 5.74) is 1.38. The quantitative estimate of drug-likeness (QED) is 0.616. The molecule has 3 aromatic rings. The second kappa shape index (κ2) is 9.76. The largest absolute Gasteiger partial charge is 0.488 e. The van der Waals surface area contributed by atoms with Crippen LogP contribution in [-0.4, -0.2) is 27.2 Å². The van der Waals surface area contributed by atoms with Crippen LogP contribution in [-0.2, 0) is 26.0 Å². The van der Waals surface area contributed by atoms with Gasteiger partial charge in [0.15, 0.2) is 0 Å². The molecule has 156 valence electrons. The molecule has 0 bridgehead atoms. The van der Waals surface area contributed by atoms with Crippen LogP contribution >= 0.6 is 11.6 Å². The number of hydrogen-bond acceptors (Lipinski definition) is 4. The van der Waals surface area contributed by atoms with Gasteiger partial charge in [-0.1, -0.05) is 48.4 Å². The minimum atomic E-state index is -0.166. The van der Waals surface area contributed by atoms with Crippen LogP contribution < -0.4 is 10.1 Å². The predicted octanol–water partition coefficient (Wildman–Crippen LogP) is 4.21. The molecular weight excluding hydrogens is 400 g/mol. The first-order valence-electron chi connectivity index (χ1n) is 10.4. The number of carbonyl (C=O) groups excluding carboxylic acids is 1. The van der Waals surface area contributed by atoms with Gasteiger partial charge in [0.1, 0.15) is 24.0 Å². The molecule has 1 N–H and O–H groups in total. The molecule has 1 aliphatic heterocycles. The van der Waals surface area contributed by atoms with Crippen molar-refractivity contribution in [3.63, 3.8) is 0 Å². The zero-order chi connectivity index (χ0) is 20.8. The lowest BCUT2D eigenvalue weighted by Gasteiger charge is -2.12. The third-order valence-corrected chi connectivity index (χ3v) is 5.66. The summed E-state index contributed by atoms with van der Waals surface area (Å²) in [6, 6.07) is 14.8. The maximum Gasteiger partial charge on any atom is 0.255 e. The summed E-state index contributed by atoms with van der Waals surface area (Å²) in [6.45, 7) is 1.76. The molecule has 0 radical (unpaired) electrons. The van der Waals surface area contributed by atoms with E-state index in [-0.39, 0.29) is 5.91 Å². The highest BCUT2D eigenvalue weighted by molar-refractivity contribution is 6.31. The summed E-state index contributed by atoms with van der Waals surface area (Å²) < 4.78 is 8.10. The van der Waals surface area contributed by atoms with Crippen molar-refractivity contribution in [1.82, 2.24) is 20.1 Å². The number of rotatable bonds is 7. The Morgan fingerprint density at radius 1 is 1.07 bits per heavy atom. The van der Waals surface area contributed by atoms with E-state index in [0.29, 0.717) is 35.9 Å². The number of benzene rings is 2. The first-order valence-corrected chi connectivity index (χ1v) is 10.7. The van der Waals surface area contributed by atoms with Gasteiger partial charge in [-0.05, 0) is 31.0 Å². The minimum absolute atomic E-state index is 0.166. The van der Waals surface area contributed by atoms with Gasteiger partial charge in [0.25, 0.3) is 5.91 Å². The topological polar surface area (TPSA) is 69.0 Å². The molecule has 0 spiro atoms. The number of nitrogens with zero attached hydrogens (tertiary/aromatic N) is 3. The minimum Gasteiger partial charge on any atom is -0.488 e. The van der Waals surface area contributed by atoms with Crippen molar-refractivity contribution < 1.29 is 9.53 Å². The van der Waals surface area contributed by atoms with Crippen LogP contribution in [0.25, 0.3) is 0 Å². The van der Waals surface area contributed by atoms with E-state index in [0.717, 1.165) is 36.6 Å². The number of fused-ring (bicyclic) bond motifs is 1. The van der Waals surface area contributed by atoms with Gasteiger partial charge in [-0.25, -0.2) is 0 Å². The second-order valence-electron chi connectivity index (χ2n) is 7.38. The third-order valence-electron chi connectivity index (χ3n) is 5.29. The van der Waals surface area contributed by atoms with Crippen molar-refractivity contribution in [1.29, 1.82) is 0 Å². The van der Waals surface area contributed by atoms with E-state index in [9.17, 15) is 4.79 Å². The fourth-order valence-electron chi connectivity index (χ4n) is 3.66. The highest BCUT2D eigenvalue weighted by atomic mass is 35.5. The van der Waals surface area contributed by atoms with Gasteiger partial charge in [-0.3, -0.25) is 4.79 Å². The summed E-state index contributed by atoms with van der Waals surface area (Å²) >= 11 is 6.20. The van der Waals surface area contributed by atoms with Crippen LogP contribution in [0.2, 0.25) is 5.02 Å². The van der Waals surface area contributed by atoms with E-state index in [1.54, 1.807) is 12.1 Å². The van der Waals surface area contributed by atoms with E-state index in [1.165, 1.54) is 12.8 Å². The zero-order valence-electron chi connectivity index (χ0n) is 16.8. The normalized spacial score (nSPS) is 13.4. The maximum atomic E-state index is 12.8. The Morgan fingerprint density at radius 2 is 1.90 bits per heavy atom. The van der Waals surface area contributed by atoms with Crippen molar-refractivity contribution >= 4 is 17.5 Å². The maximum absolute atomic E-state index is 12.8. The monoisotopic (exact) mass is 424 g/mol. The van der Waals surface area contributed by atoms with E-state index in [4.69, 9.17) is 16.3 Å². The summed E-state index contributed by atoms with van der Waals surface area (Å²) in [5.74, 6) is 2.37. The van der Waals surface area contributed by atoms with Gasteiger partial charge >= 0.3 is 0 Å². The number of ether oxygens (including phenoxy) is 1. The first kappa shape index (κ1) is 20.4. The molecule has 1 aromatic heterocycles. The summed E-state index contributed by atoms with van der Waals surface area (Å²) in [4.78, 5) is 12.8. The molecule has 0 saturated heterocycles. The first-order chi connectivity index (χ1) is 14.7. The number of nitrogens with one attached hydrogen (secondary N) is 1. The number of para-hydroxylation sites is 1. The highest BCUT2D eigenvalue weighted by Gasteiger charge is 2.16. The molecule has 0 atom stereocenters. The van der Waals surface area contributed by atoms with Crippen LogP contribution in [0.1, 0.15) is 46.8 Å². The van der Waals surface area contributed by atoms with Gasteiger partial charge in [-0.2, -0.15) is 0 Å². The molecular formula is C23H25ClN4O2. The van der Waals surface area contributed by atoms with Gasteiger partial charge in [0, 0.05) is 36.5 Å². The lowest BCUT2D eigenvalue weighted by molar-refractivity contribution is 0.0949. The fourth-order valence-corrected chi connectivity index (χ4v) is 3.85. The Balaban J connectivity index is 1.36. The van der Waals surface area contributed by atoms with Crippen LogP contribution in [0.4, 0.5) is 0 Å². The van der Waals surface area contributed by atoms with Crippen molar-refractivity contribution in [3.05, 3.63) is 76.3 Å². The van der Waals surface area contributed by atoms with E-state index < -0.39 is 0 Å². The number of halogens is 1. The van der Waals surface area contributed by atoms with Crippen molar-refractivity contribution in [3.8, 4) is 5.75 Å². The van der Waals surface area contributed by atoms with Crippen LogP contribution in [0.15, 0.2) is 48.5 Å². The van der Waals surface area contributed by atoms with Crippen LogP contribution in [0.3, 0.4) is 0 Å². The van der Waals surface area contributed by atoms with Crippen molar-refractivity contribution in [2.24, 2.45) is 0 Å². The molecule has 4 rings (SSSR count). The summed E-state index contributed by atoms with van der Waals surface area (Å²) in [7, 11) is 0. The molecule has 2 heterocycles. The molecule has 0 fully saturated rings. The predicted molar refractivity (Wildman–Crippen MR) is 116 cm³/mol. The summed E-state index contributed by atoms with van der Waals surface area (Å²) in [5, 5.41) is 12.3. The SMILES string of the molecule is O=C(NCCc1nnc2n1CCCCC2)c1ccccc1OCc1ccccc1Cl. The Bertz CT molecular complexity index is 1020. The Hall–Kier alpha value is -2.86. The zero-order valence-corrected chi connectivity index (χ0v) is 17.6. The molecule has 30 heavy (non-hydrogen) atoms. The van der Waals surface area contributed by atoms with Gasteiger partial charge < -0.3 is 14.6 Å². The highest BCUT2D eigenvalue weighted by Crippen LogP contribution is 2.22. The van der Waals surface area contributed by atoms with Crippen molar-refractivity contribution in [2.75, 3.05) is 6.54 Å². The van der Waals surface area contributed by atoms with Gasteiger partial charge in [0.2, 0.25) is 0 Å². The molecule has 0 saturated carbocycles. The second-order valence-corrected chi connectivity index (χ2v) is 7.78. The number of amides is 1. The number of carbonyl (C=O) groups is 1. The summed E-state index contributed by atoms with van der Waals surface area (Å²) in [6.07, 6.45) is 5.18. The van der Waals surface area contributed by atoms with E-state index in [2.05, 4.69) is 20.1 Å². The van der Waals surface area contributed by atoms with E-state index >= 15 is 0 Å². The van der Waals surface area contributed by atoms with Crippen LogP contribution in [0, 0.1) is 0 Å². The molecule has 0 aliphatic carbocycles. The molecule has 6 nitrogen and oxygen atoms in total. The Morgan fingerprint density at radius 3 is 2.80 bits per heavy atom. The smallest absolute Gasteiger partial charge is 0.255 e. The fraction of sp³-hybridized carbons (Fsp3) is 0.348. The Labute approximate surface area is 181 Å². The number of hydrogen-bond donors (Lipinski definition) is 1. The van der Waals surface area contributed by atoms with E-state index in [1.807, 2.05) is 36.4 Å². The molecule has 7 heteroatoms. The van der Waals surface area contributed by atoms with Crippen molar-refractivity contribution in [2.45, 2.75) is 45.3 Å². The average molecular weight is 425 g/mol. The molecule has 0 unspecified atom stereocenters.